The smallest absolute Gasteiger partial charge is 0.254 e. The molecule has 0 bridgehead atoms. The van der Waals surface area contributed by atoms with Crippen molar-refractivity contribution in [3.05, 3.63) is 52.8 Å². The van der Waals surface area contributed by atoms with E-state index < -0.39 is 0 Å². The first-order chi connectivity index (χ1) is 11.5. The molecule has 1 aromatic heterocycles. The average molecular weight is 347 g/mol. The third-order valence-electron chi connectivity index (χ3n) is 4.34. The van der Waals surface area contributed by atoms with E-state index in [4.69, 9.17) is 16.3 Å². The molecule has 24 heavy (non-hydrogen) atoms. The molecule has 2 atom stereocenters. The van der Waals surface area contributed by atoms with E-state index in [1.807, 2.05) is 17.0 Å². The summed E-state index contributed by atoms with van der Waals surface area (Å²) in [4.78, 5) is 19.0. The van der Waals surface area contributed by atoms with Crippen LogP contribution in [0.15, 0.2) is 36.7 Å². The molecular formula is C18H19ClN2O3. The van der Waals surface area contributed by atoms with Gasteiger partial charge in [-0.05, 0) is 36.1 Å². The summed E-state index contributed by atoms with van der Waals surface area (Å²) in [6.45, 7) is 2.79. The first kappa shape index (κ1) is 16.6. The summed E-state index contributed by atoms with van der Waals surface area (Å²) in [5.74, 6) is 0.299. The molecule has 1 aromatic carbocycles. The number of likely N-dealkylation sites (tertiary alicyclic amines) is 1. The molecule has 1 aliphatic heterocycles. The molecular weight excluding hydrogens is 328 g/mol. The van der Waals surface area contributed by atoms with E-state index in [9.17, 15) is 9.90 Å². The van der Waals surface area contributed by atoms with E-state index in [-0.39, 0.29) is 28.5 Å². The van der Waals surface area contributed by atoms with Gasteiger partial charge in [0.25, 0.3) is 5.91 Å². The zero-order valence-corrected chi connectivity index (χ0v) is 14.3. The minimum Gasteiger partial charge on any atom is -0.503 e. The highest BCUT2D eigenvalue weighted by Gasteiger charge is 2.35. The molecule has 1 amide bonds. The number of phenolic OH excluding ortho intramolecular Hbond substituents is 1. The zero-order chi connectivity index (χ0) is 17.3. The first-order valence-corrected chi connectivity index (χ1v) is 8.16. The fourth-order valence-electron chi connectivity index (χ4n) is 3.18. The Morgan fingerprint density at radius 2 is 2.25 bits per heavy atom. The summed E-state index contributed by atoms with van der Waals surface area (Å²) in [7, 11) is 1.43. The van der Waals surface area contributed by atoms with Gasteiger partial charge in [0.1, 0.15) is 0 Å². The van der Waals surface area contributed by atoms with Crippen LogP contribution in [0.4, 0.5) is 0 Å². The third-order valence-corrected chi connectivity index (χ3v) is 4.62. The summed E-state index contributed by atoms with van der Waals surface area (Å²) in [6.07, 6.45) is 4.41. The number of rotatable bonds is 3. The lowest BCUT2D eigenvalue weighted by Crippen LogP contribution is -2.31. The molecule has 1 N–H and O–H groups in total. The van der Waals surface area contributed by atoms with Crippen molar-refractivity contribution in [1.29, 1.82) is 0 Å². The van der Waals surface area contributed by atoms with Crippen molar-refractivity contribution < 1.29 is 14.6 Å². The fourth-order valence-corrected chi connectivity index (χ4v) is 3.39. The van der Waals surface area contributed by atoms with Gasteiger partial charge in [0.05, 0.1) is 18.2 Å². The molecule has 0 saturated carbocycles. The predicted molar refractivity (Wildman–Crippen MR) is 91.5 cm³/mol. The van der Waals surface area contributed by atoms with Crippen LogP contribution in [0.3, 0.4) is 0 Å². The molecule has 1 aliphatic rings. The predicted octanol–water partition coefficient (Wildman–Crippen LogP) is 3.67. The van der Waals surface area contributed by atoms with Crippen LogP contribution in [-0.4, -0.2) is 34.6 Å². The van der Waals surface area contributed by atoms with Crippen LogP contribution in [-0.2, 0) is 0 Å². The monoisotopic (exact) mass is 346 g/mol. The van der Waals surface area contributed by atoms with E-state index >= 15 is 0 Å². The number of ether oxygens (including phenoxy) is 1. The second kappa shape index (κ2) is 6.69. The molecule has 2 aromatic rings. The van der Waals surface area contributed by atoms with Gasteiger partial charge in [-0.3, -0.25) is 9.78 Å². The standard InChI is InChI=1S/C18H19ClN2O3/c1-11-6-15(12-4-3-5-20-9-12)21(10-11)18(23)13-7-14(19)17(22)16(8-13)24-2/h3-5,7-9,11,15,22H,6,10H2,1-2H3/t11-,15-/m0/s1. The van der Waals surface area contributed by atoms with Crippen LogP contribution < -0.4 is 4.74 Å². The summed E-state index contributed by atoms with van der Waals surface area (Å²) in [5, 5.41) is 9.95. The average Bonchev–Trinajstić information content (AvgIpc) is 2.99. The fraction of sp³-hybridized carbons (Fsp3) is 0.333. The highest BCUT2D eigenvalue weighted by Crippen LogP contribution is 2.39. The number of carbonyl (C=O) groups is 1. The summed E-state index contributed by atoms with van der Waals surface area (Å²) in [5.41, 5.74) is 1.42. The van der Waals surface area contributed by atoms with Crippen molar-refractivity contribution in [2.45, 2.75) is 19.4 Å². The molecule has 0 radical (unpaired) electrons. The minimum absolute atomic E-state index is 0.0141. The quantitative estimate of drug-likeness (QED) is 0.921. The van der Waals surface area contributed by atoms with Crippen LogP contribution in [0.1, 0.15) is 35.3 Å². The van der Waals surface area contributed by atoms with Gasteiger partial charge < -0.3 is 14.7 Å². The van der Waals surface area contributed by atoms with Crippen LogP contribution >= 0.6 is 11.6 Å². The van der Waals surface area contributed by atoms with E-state index in [1.54, 1.807) is 12.4 Å². The summed E-state index contributed by atoms with van der Waals surface area (Å²) < 4.78 is 5.10. The Bertz CT molecular complexity index is 751. The second-order valence-corrected chi connectivity index (χ2v) is 6.52. The number of aromatic nitrogens is 1. The summed E-state index contributed by atoms with van der Waals surface area (Å²) in [6, 6.07) is 6.85. The Labute approximate surface area is 145 Å². The lowest BCUT2D eigenvalue weighted by molar-refractivity contribution is 0.0731. The number of phenols is 1. The van der Waals surface area contributed by atoms with Crippen molar-refractivity contribution in [2.75, 3.05) is 13.7 Å². The number of hydrogen-bond acceptors (Lipinski definition) is 4. The van der Waals surface area contributed by atoms with Gasteiger partial charge in [-0.2, -0.15) is 0 Å². The Morgan fingerprint density at radius 1 is 1.46 bits per heavy atom. The Hall–Kier alpha value is -2.27. The van der Waals surface area contributed by atoms with Crippen LogP contribution in [0.2, 0.25) is 5.02 Å². The van der Waals surface area contributed by atoms with Gasteiger partial charge >= 0.3 is 0 Å². The molecule has 1 saturated heterocycles. The number of hydrogen-bond donors (Lipinski definition) is 1. The SMILES string of the molecule is COc1cc(C(=O)N2C[C@@H](C)C[C@H]2c2cccnc2)cc(Cl)c1O. The van der Waals surface area contributed by atoms with Crippen molar-refractivity contribution >= 4 is 17.5 Å². The maximum atomic E-state index is 13.0. The van der Waals surface area contributed by atoms with Crippen LogP contribution in [0, 0.1) is 5.92 Å². The number of amides is 1. The largest absolute Gasteiger partial charge is 0.503 e. The first-order valence-electron chi connectivity index (χ1n) is 7.78. The molecule has 5 nitrogen and oxygen atoms in total. The molecule has 6 heteroatoms. The molecule has 2 heterocycles. The molecule has 0 unspecified atom stereocenters. The maximum absolute atomic E-state index is 13.0. The number of benzene rings is 1. The van der Waals surface area contributed by atoms with Gasteiger partial charge in [0, 0.05) is 24.5 Å². The third kappa shape index (κ3) is 3.04. The lowest BCUT2D eigenvalue weighted by Gasteiger charge is -2.25. The van der Waals surface area contributed by atoms with E-state index in [2.05, 4.69) is 11.9 Å². The van der Waals surface area contributed by atoms with E-state index in [0.29, 0.717) is 18.0 Å². The van der Waals surface area contributed by atoms with Gasteiger partial charge in [-0.25, -0.2) is 0 Å². The minimum atomic E-state index is -0.158. The Kier molecular flexibility index (Phi) is 4.62. The van der Waals surface area contributed by atoms with Gasteiger partial charge in [-0.1, -0.05) is 24.6 Å². The maximum Gasteiger partial charge on any atom is 0.254 e. The number of carbonyl (C=O) groups excluding carboxylic acids is 1. The normalized spacial score (nSPS) is 20.2. The number of pyridine rings is 1. The zero-order valence-electron chi connectivity index (χ0n) is 13.6. The van der Waals surface area contributed by atoms with E-state index in [1.165, 1.54) is 19.2 Å². The van der Waals surface area contributed by atoms with E-state index in [0.717, 1.165) is 12.0 Å². The Balaban J connectivity index is 1.95. The molecule has 0 spiro atoms. The van der Waals surface area contributed by atoms with Gasteiger partial charge in [0.15, 0.2) is 11.5 Å². The topological polar surface area (TPSA) is 62.7 Å². The van der Waals surface area contributed by atoms with Crippen molar-refractivity contribution in [1.82, 2.24) is 9.88 Å². The van der Waals surface area contributed by atoms with Gasteiger partial charge in [-0.15, -0.1) is 0 Å². The lowest BCUT2D eigenvalue weighted by atomic mass is 10.0. The van der Waals surface area contributed by atoms with Crippen molar-refractivity contribution in [3.63, 3.8) is 0 Å². The molecule has 3 rings (SSSR count). The van der Waals surface area contributed by atoms with Crippen LogP contribution in [0.25, 0.3) is 0 Å². The second-order valence-electron chi connectivity index (χ2n) is 6.11. The Morgan fingerprint density at radius 3 is 2.92 bits per heavy atom. The van der Waals surface area contributed by atoms with Crippen molar-refractivity contribution in [3.8, 4) is 11.5 Å². The molecule has 1 fully saturated rings. The molecule has 0 aliphatic carbocycles. The number of nitrogens with zero attached hydrogens (tertiary/aromatic N) is 2. The number of methoxy groups -OCH3 is 1. The van der Waals surface area contributed by atoms with Gasteiger partial charge in [0.2, 0.25) is 0 Å². The highest BCUT2D eigenvalue weighted by atomic mass is 35.5. The summed E-state index contributed by atoms with van der Waals surface area (Å²) >= 11 is 6.02. The molecule has 126 valence electrons. The van der Waals surface area contributed by atoms with Crippen LogP contribution in [0.5, 0.6) is 11.5 Å². The van der Waals surface area contributed by atoms with Crippen molar-refractivity contribution in [2.24, 2.45) is 5.92 Å². The number of aromatic hydroxyl groups is 1. The number of halogens is 1. The highest BCUT2D eigenvalue weighted by molar-refractivity contribution is 6.32.